The van der Waals surface area contributed by atoms with Crippen molar-refractivity contribution < 1.29 is 4.74 Å². The Morgan fingerprint density at radius 3 is 3.05 bits per heavy atom. The van der Waals surface area contributed by atoms with Crippen LogP contribution in [0, 0.1) is 0 Å². The van der Waals surface area contributed by atoms with Crippen LogP contribution in [0.2, 0.25) is 0 Å². The molecule has 4 heteroatoms. The number of rotatable bonds is 6. The predicted molar refractivity (Wildman–Crippen MR) is 85.3 cm³/mol. The van der Waals surface area contributed by atoms with Gasteiger partial charge in [-0.15, -0.1) is 0 Å². The van der Waals surface area contributed by atoms with Gasteiger partial charge in [0.1, 0.15) is 0 Å². The lowest BCUT2D eigenvalue weighted by atomic mass is 10.0. The average molecular weight is 287 g/mol. The van der Waals surface area contributed by atoms with Crippen LogP contribution in [0.15, 0.2) is 24.3 Å². The monoisotopic (exact) mass is 287 g/mol. The highest BCUT2D eigenvalue weighted by atomic mass is 16.5. The molecule has 1 saturated heterocycles. The molecular weight excluding hydrogens is 262 g/mol. The number of nitrogens with one attached hydrogen (secondary N) is 1. The van der Waals surface area contributed by atoms with Crippen LogP contribution in [0.3, 0.4) is 0 Å². The molecule has 0 amide bonds. The summed E-state index contributed by atoms with van der Waals surface area (Å²) in [7, 11) is 2.02. The minimum atomic E-state index is 0.310. The Labute approximate surface area is 126 Å². The summed E-state index contributed by atoms with van der Waals surface area (Å²) in [5, 5.41) is 9.63. The van der Waals surface area contributed by atoms with Crippen LogP contribution in [-0.4, -0.2) is 29.0 Å². The van der Waals surface area contributed by atoms with Crippen LogP contribution in [0.1, 0.15) is 44.3 Å². The van der Waals surface area contributed by atoms with Crippen LogP contribution in [-0.2, 0) is 11.8 Å². The van der Waals surface area contributed by atoms with Gasteiger partial charge in [0.2, 0.25) is 0 Å². The molecule has 0 spiro atoms. The summed E-state index contributed by atoms with van der Waals surface area (Å²) < 4.78 is 7.74. The molecule has 1 aliphatic rings. The zero-order valence-electron chi connectivity index (χ0n) is 13.0. The molecular formula is C17H25N3O. The number of hydrogen-bond donors (Lipinski definition) is 1. The van der Waals surface area contributed by atoms with Crippen LogP contribution >= 0.6 is 0 Å². The van der Waals surface area contributed by atoms with E-state index in [-0.39, 0.29) is 0 Å². The van der Waals surface area contributed by atoms with Gasteiger partial charge in [-0.05, 0) is 38.3 Å². The summed E-state index contributed by atoms with van der Waals surface area (Å²) in [4.78, 5) is 0. The molecule has 0 radical (unpaired) electrons. The van der Waals surface area contributed by atoms with Gasteiger partial charge in [-0.25, -0.2) is 0 Å². The second-order valence-electron chi connectivity index (χ2n) is 5.85. The van der Waals surface area contributed by atoms with E-state index in [0.717, 1.165) is 26.0 Å². The molecule has 4 nitrogen and oxygen atoms in total. The molecule has 0 bridgehead atoms. The Hall–Kier alpha value is -1.39. The zero-order chi connectivity index (χ0) is 14.7. The van der Waals surface area contributed by atoms with E-state index >= 15 is 0 Å². The van der Waals surface area contributed by atoms with E-state index in [1.807, 2.05) is 11.7 Å². The fraction of sp³-hybridized carbons (Fsp3) is 0.588. The first-order chi connectivity index (χ1) is 10.3. The standard InChI is InChI=1S/C17H25N3O/c1-3-18-15(11-10-13-7-6-12-21-13)17-14-8-4-5-9-16(14)20(2)19-17/h4-5,8-9,13,15,18H,3,6-7,10-12H2,1-2H3. The number of fused-ring (bicyclic) bond motifs is 1. The maximum absolute atomic E-state index is 5.76. The lowest BCUT2D eigenvalue weighted by Gasteiger charge is -2.18. The highest BCUT2D eigenvalue weighted by molar-refractivity contribution is 5.82. The van der Waals surface area contributed by atoms with Crippen molar-refractivity contribution in [3.8, 4) is 0 Å². The largest absolute Gasteiger partial charge is 0.378 e. The van der Waals surface area contributed by atoms with Gasteiger partial charge in [0.05, 0.1) is 23.4 Å². The Morgan fingerprint density at radius 2 is 2.29 bits per heavy atom. The van der Waals surface area contributed by atoms with Gasteiger partial charge in [0.25, 0.3) is 0 Å². The van der Waals surface area contributed by atoms with Crippen molar-refractivity contribution >= 4 is 10.9 Å². The van der Waals surface area contributed by atoms with Crippen molar-refractivity contribution in [2.45, 2.75) is 44.8 Å². The van der Waals surface area contributed by atoms with E-state index in [1.165, 1.54) is 29.4 Å². The van der Waals surface area contributed by atoms with E-state index in [9.17, 15) is 0 Å². The molecule has 1 aliphatic heterocycles. The van der Waals surface area contributed by atoms with Crippen molar-refractivity contribution in [3.05, 3.63) is 30.0 Å². The highest BCUT2D eigenvalue weighted by Crippen LogP contribution is 2.28. The van der Waals surface area contributed by atoms with Gasteiger partial charge in [-0.1, -0.05) is 25.1 Å². The normalized spacial score (nSPS) is 20.2. The lowest BCUT2D eigenvalue weighted by molar-refractivity contribution is 0.0995. The molecule has 2 unspecified atom stereocenters. The number of hydrogen-bond acceptors (Lipinski definition) is 3. The van der Waals surface area contributed by atoms with Crippen LogP contribution in [0.25, 0.3) is 10.9 Å². The summed E-state index contributed by atoms with van der Waals surface area (Å²) >= 11 is 0. The molecule has 1 fully saturated rings. The van der Waals surface area contributed by atoms with Gasteiger partial charge in [0.15, 0.2) is 0 Å². The molecule has 2 atom stereocenters. The fourth-order valence-corrected chi connectivity index (χ4v) is 3.31. The topological polar surface area (TPSA) is 39.1 Å². The maximum atomic E-state index is 5.76. The second-order valence-corrected chi connectivity index (χ2v) is 5.85. The number of ether oxygens (including phenoxy) is 1. The first-order valence-electron chi connectivity index (χ1n) is 8.06. The van der Waals surface area contributed by atoms with Gasteiger partial charge < -0.3 is 10.1 Å². The molecule has 1 aromatic heterocycles. The Bertz CT molecular complexity index is 587. The second kappa shape index (κ2) is 6.58. The third-order valence-electron chi connectivity index (χ3n) is 4.37. The van der Waals surface area contributed by atoms with Gasteiger partial charge in [-0.3, -0.25) is 4.68 Å². The van der Waals surface area contributed by atoms with Gasteiger partial charge in [0, 0.05) is 19.0 Å². The minimum Gasteiger partial charge on any atom is -0.378 e. The third kappa shape index (κ3) is 3.11. The van der Waals surface area contributed by atoms with Crippen molar-refractivity contribution in [1.29, 1.82) is 0 Å². The van der Waals surface area contributed by atoms with E-state index in [2.05, 4.69) is 36.5 Å². The third-order valence-corrected chi connectivity index (χ3v) is 4.37. The van der Waals surface area contributed by atoms with Gasteiger partial charge in [-0.2, -0.15) is 5.10 Å². The molecule has 114 valence electrons. The Kier molecular flexibility index (Phi) is 4.56. The summed E-state index contributed by atoms with van der Waals surface area (Å²) in [6.45, 7) is 4.05. The SMILES string of the molecule is CCNC(CCC1CCCO1)c1nn(C)c2ccccc12. The summed E-state index contributed by atoms with van der Waals surface area (Å²) in [6, 6.07) is 8.78. The summed E-state index contributed by atoms with van der Waals surface area (Å²) in [5.41, 5.74) is 2.38. The van der Waals surface area contributed by atoms with E-state index in [1.54, 1.807) is 0 Å². The molecule has 21 heavy (non-hydrogen) atoms. The lowest BCUT2D eigenvalue weighted by Crippen LogP contribution is -2.23. The fourth-order valence-electron chi connectivity index (χ4n) is 3.31. The number of aromatic nitrogens is 2. The predicted octanol–water partition coefficient (Wildman–Crippen LogP) is 3.18. The number of nitrogens with zero attached hydrogens (tertiary/aromatic N) is 2. The summed E-state index contributed by atoms with van der Waals surface area (Å²) in [5.74, 6) is 0. The molecule has 0 saturated carbocycles. The molecule has 0 aliphatic carbocycles. The quantitative estimate of drug-likeness (QED) is 0.887. The highest BCUT2D eigenvalue weighted by Gasteiger charge is 2.21. The van der Waals surface area contributed by atoms with Crippen LogP contribution in [0.4, 0.5) is 0 Å². The first kappa shape index (κ1) is 14.5. The smallest absolute Gasteiger partial charge is 0.0872 e. The molecule has 3 rings (SSSR count). The maximum Gasteiger partial charge on any atom is 0.0872 e. The minimum absolute atomic E-state index is 0.310. The first-order valence-corrected chi connectivity index (χ1v) is 8.06. The van der Waals surface area contributed by atoms with Crippen molar-refractivity contribution in [2.24, 2.45) is 7.05 Å². The zero-order valence-corrected chi connectivity index (χ0v) is 13.0. The number of aryl methyl sites for hydroxylation is 1. The molecule has 1 N–H and O–H groups in total. The van der Waals surface area contributed by atoms with Crippen molar-refractivity contribution in [2.75, 3.05) is 13.2 Å². The van der Waals surface area contributed by atoms with Crippen molar-refractivity contribution in [3.63, 3.8) is 0 Å². The summed E-state index contributed by atoms with van der Waals surface area (Å²) in [6.07, 6.45) is 5.06. The van der Waals surface area contributed by atoms with E-state index in [0.29, 0.717) is 12.1 Å². The molecule has 2 aromatic rings. The number of para-hydroxylation sites is 1. The van der Waals surface area contributed by atoms with Crippen molar-refractivity contribution in [1.82, 2.24) is 15.1 Å². The van der Waals surface area contributed by atoms with Gasteiger partial charge >= 0.3 is 0 Å². The average Bonchev–Trinajstić information content (AvgIpc) is 3.13. The Balaban J connectivity index is 1.81. The van der Waals surface area contributed by atoms with E-state index in [4.69, 9.17) is 9.84 Å². The van der Waals surface area contributed by atoms with Crippen LogP contribution < -0.4 is 5.32 Å². The molecule has 2 heterocycles. The number of benzene rings is 1. The Morgan fingerprint density at radius 1 is 1.43 bits per heavy atom. The van der Waals surface area contributed by atoms with Crippen LogP contribution in [0.5, 0.6) is 0 Å². The van der Waals surface area contributed by atoms with E-state index < -0.39 is 0 Å². The molecule has 1 aromatic carbocycles.